The number of carbonyl (C=O) groups excluding carboxylic acids is 3. The Hall–Kier alpha value is -3.55. The molecule has 37 heavy (non-hydrogen) atoms. The largest absolute Gasteiger partial charge is 0.493 e. The quantitative estimate of drug-likeness (QED) is 0.463. The van der Waals surface area contributed by atoms with Crippen LogP contribution in [0.4, 0.5) is 0 Å². The number of esters is 1. The predicted octanol–water partition coefficient (Wildman–Crippen LogP) is 4.81. The summed E-state index contributed by atoms with van der Waals surface area (Å²) in [5, 5.41) is 2.98. The number of hydrogen-bond donors (Lipinski definition) is 1. The van der Waals surface area contributed by atoms with Gasteiger partial charge in [-0.3, -0.25) is 14.4 Å². The Morgan fingerprint density at radius 2 is 1.84 bits per heavy atom. The summed E-state index contributed by atoms with van der Waals surface area (Å²) in [6.07, 6.45) is 5.40. The summed E-state index contributed by atoms with van der Waals surface area (Å²) >= 11 is 0. The summed E-state index contributed by atoms with van der Waals surface area (Å²) in [4.78, 5) is 41.4. The van der Waals surface area contributed by atoms with Gasteiger partial charge in [-0.15, -0.1) is 0 Å². The lowest BCUT2D eigenvalue weighted by Gasteiger charge is -2.31. The van der Waals surface area contributed by atoms with Crippen LogP contribution in [0.15, 0.2) is 36.4 Å². The molecule has 1 heterocycles. The van der Waals surface area contributed by atoms with Crippen LogP contribution < -0.4 is 14.8 Å². The third kappa shape index (κ3) is 5.89. The van der Waals surface area contributed by atoms with Gasteiger partial charge < -0.3 is 24.4 Å². The smallest absolute Gasteiger partial charge is 0.308 e. The highest BCUT2D eigenvalue weighted by molar-refractivity contribution is 6.09. The van der Waals surface area contributed by atoms with Crippen molar-refractivity contribution in [3.8, 4) is 11.5 Å². The molecule has 1 aliphatic carbocycles. The van der Waals surface area contributed by atoms with E-state index in [2.05, 4.69) is 5.32 Å². The molecule has 2 aromatic carbocycles. The lowest BCUT2D eigenvalue weighted by atomic mass is 9.94. The summed E-state index contributed by atoms with van der Waals surface area (Å²) in [6, 6.07) is 10.2. The highest BCUT2D eigenvalue weighted by Gasteiger charge is 2.36. The van der Waals surface area contributed by atoms with Gasteiger partial charge in [0.1, 0.15) is 0 Å². The highest BCUT2D eigenvalue weighted by Crippen LogP contribution is 2.34. The Bertz CT molecular complexity index is 1140. The van der Waals surface area contributed by atoms with Gasteiger partial charge >= 0.3 is 5.97 Å². The minimum Gasteiger partial charge on any atom is -0.493 e. The van der Waals surface area contributed by atoms with Crippen LogP contribution in [0.3, 0.4) is 0 Å². The van der Waals surface area contributed by atoms with E-state index >= 15 is 0 Å². The molecular weight excluding hydrogens is 472 g/mol. The monoisotopic (exact) mass is 508 g/mol. The average Bonchev–Trinajstić information content (AvgIpc) is 3.25. The summed E-state index contributed by atoms with van der Waals surface area (Å²) in [5.74, 6) is 0.152. The van der Waals surface area contributed by atoms with E-state index in [0.29, 0.717) is 41.3 Å². The fraction of sp³-hybridized carbons (Fsp3) is 0.483. The molecule has 0 bridgehead atoms. The van der Waals surface area contributed by atoms with E-state index in [1.165, 1.54) is 13.5 Å². The fourth-order valence-electron chi connectivity index (χ4n) is 5.31. The van der Waals surface area contributed by atoms with Crippen molar-refractivity contribution in [1.29, 1.82) is 0 Å². The van der Waals surface area contributed by atoms with Gasteiger partial charge in [0.2, 0.25) is 0 Å². The highest BCUT2D eigenvalue weighted by atomic mass is 16.5. The molecule has 2 amide bonds. The molecule has 198 valence electrons. The van der Waals surface area contributed by atoms with Crippen LogP contribution in [0.1, 0.15) is 90.3 Å². The molecule has 0 aromatic heterocycles. The van der Waals surface area contributed by atoms with Gasteiger partial charge in [-0.25, -0.2) is 0 Å². The summed E-state index contributed by atoms with van der Waals surface area (Å²) in [5.41, 5.74) is 2.33. The maximum absolute atomic E-state index is 13.6. The number of methoxy groups -OCH3 is 1. The summed E-state index contributed by atoms with van der Waals surface area (Å²) < 4.78 is 16.2. The fourth-order valence-corrected chi connectivity index (χ4v) is 5.31. The van der Waals surface area contributed by atoms with Crippen LogP contribution in [0.5, 0.6) is 11.5 Å². The number of carbonyl (C=O) groups is 3. The van der Waals surface area contributed by atoms with Crippen LogP contribution in [-0.4, -0.2) is 49.0 Å². The van der Waals surface area contributed by atoms with Crippen molar-refractivity contribution >= 4 is 17.8 Å². The third-order valence-electron chi connectivity index (χ3n) is 7.10. The maximum atomic E-state index is 13.6. The Balaban J connectivity index is 1.60. The Morgan fingerprint density at radius 3 is 2.54 bits per heavy atom. The molecule has 4 rings (SSSR count). The molecule has 8 nitrogen and oxygen atoms in total. The van der Waals surface area contributed by atoms with E-state index in [-0.39, 0.29) is 25.0 Å². The first-order valence-electron chi connectivity index (χ1n) is 13.2. The number of ether oxygens (including phenoxy) is 3. The molecule has 0 unspecified atom stereocenters. The normalized spacial score (nSPS) is 16.2. The zero-order valence-corrected chi connectivity index (χ0v) is 21.9. The van der Waals surface area contributed by atoms with Crippen molar-refractivity contribution < 1.29 is 28.6 Å². The van der Waals surface area contributed by atoms with E-state index < -0.39 is 17.9 Å². The Morgan fingerprint density at radius 1 is 1.05 bits per heavy atom. The second-order valence-corrected chi connectivity index (χ2v) is 9.44. The molecule has 8 heteroatoms. The number of hydrogen-bond acceptors (Lipinski definition) is 6. The van der Waals surface area contributed by atoms with E-state index in [0.717, 1.165) is 31.2 Å². The first kappa shape index (κ1) is 26.5. The Labute approximate surface area is 218 Å². The van der Waals surface area contributed by atoms with Crippen LogP contribution in [0.25, 0.3) is 0 Å². The van der Waals surface area contributed by atoms with Gasteiger partial charge in [0, 0.05) is 12.6 Å². The van der Waals surface area contributed by atoms with E-state index in [1.807, 2.05) is 24.0 Å². The first-order chi connectivity index (χ1) is 18.0. The molecule has 0 spiro atoms. The van der Waals surface area contributed by atoms with E-state index in [1.54, 1.807) is 31.2 Å². The Kier molecular flexibility index (Phi) is 8.69. The molecular formula is C29H36N2O6. The number of nitrogens with one attached hydrogen (secondary N) is 1. The zero-order valence-electron chi connectivity index (χ0n) is 21.9. The van der Waals surface area contributed by atoms with Gasteiger partial charge in [-0.05, 0) is 56.0 Å². The molecule has 0 saturated heterocycles. The SMILES string of the molecule is CCOC(=O)C[C@@H](NC(=O)c1cccc2c1C(=O)N(C1CCCCC1)C2)c1ccc(OCC)c(OC)c1. The molecule has 1 fully saturated rings. The summed E-state index contributed by atoms with van der Waals surface area (Å²) in [7, 11) is 1.54. The molecule has 1 aliphatic heterocycles. The van der Waals surface area contributed by atoms with Gasteiger partial charge in [-0.1, -0.05) is 37.5 Å². The number of fused-ring (bicyclic) bond motifs is 1. The number of benzene rings is 2. The van der Waals surface area contributed by atoms with Crippen molar-refractivity contribution in [3.63, 3.8) is 0 Å². The molecule has 1 N–H and O–H groups in total. The maximum Gasteiger partial charge on any atom is 0.308 e. The van der Waals surface area contributed by atoms with Crippen molar-refractivity contribution in [2.45, 2.75) is 71.0 Å². The van der Waals surface area contributed by atoms with Crippen molar-refractivity contribution in [2.75, 3.05) is 20.3 Å². The number of amides is 2. The zero-order chi connectivity index (χ0) is 26.4. The van der Waals surface area contributed by atoms with E-state index in [9.17, 15) is 14.4 Å². The molecule has 2 aliphatic rings. The molecule has 1 atom stereocenters. The van der Waals surface area contributed by atoms with Gasteiger partial charge in [-0.2, -0.15) is 0 Å². The van der Waals surface area contributed by atoms with Crippen molar-refractivity contribution in [2.24, 2.45) is 0 Å². The summed E-state index contributed by atoms with van der Waals surface area (Å²) in [6.45, 7) is 4.87. The van der Waals surface area contributed by atoms with Gasteiger partial charge in [0.05, 0.1) is 43.9 Å². The predicted molar refractivity (Wildman–Crippen MR) is 139 cm³/mol. The third-order valence-corrected chi connectivity index (χ3v) is 7.10. The van der Waals surface area contributed by atoms with Gasteiger partial charge in [0.15, 0.2) is 11.5 Å². The average molecular weight is 509 g/mol. The van der Waals surface area contributed by atoms with E-state index in [4.69, 9.17) is 14.2 Å². The second kappa shape index (κ2) is 12.1. The van der Waals surface area contributed by atoms with Crippen LogP contribution in [-0.2, 0) is 16.1 Å². The van der Waals surface area contributed by atoms with Crippen LogP contribution >= 0.6 is 0 Å². The standard InChI is InChI=1S/C29H36N2O6/c1-4-36-24-15-14-19(16-25(24)35-3)23(17-26(32)37-5-2)30-28(33)22-13-9-10-20-18-31(29(34)27(20)22)21-11-7-6-8-12-21/h9-10,13-16,21,23H,4-8,11-12,17-18H2,1-3H3,(H,30,33)/t23-/m1/s1. The van der Waals surface area contributed by atoms with Crippen molar-refractivity contribution in [3.05, 3.63) is 58.7 Å². The topological polar surface area (TPSA) is 94.2 Å². The van der Waals surface area contributed by atoms with Crippen molar-refractivity contribution in [1.82, 2.24) is 10.2 Å². The number of nitrogens with zero attached hydrogens (tertiary/aromatic N) is 1. The lowest BCUT2D eigenvalue weighted by molar-refractivity contribution is -0.143. The van der Waals surface area contributed by atoms with Gasteiger partial charge in [0.25, 0.3) is 11.8 Å². The minimum absolute atomic E-state index is 0.0616. The molecule has 1 saturated carbocycles. The second-order valence-electron chi connectivity index (χ2n) is 9.44. The number of rotatable bonds is 10. The lowest BCUT2D eigenvalue weighted by Crippen LogP contribution is -2.37. The van der Waals surface area contributed by atoms with Crippen LogP contribution in [0.2, 0.25) is 0 Å². The molecule has 0 radical (unpaired) electrons. The minimum atomic E-state index is -0.682. The molecule has 2 aromatic rings. The van der Waals surface area contributed by atoms with Crippen LogP contribution in [0, 0.1) is 0 Å². The first-order valence-corrected chi connectivity index (χ1v) is 13.2.